The predicted octanol–water partition coefficient (Wildman–Crippen LogP) is 1.37. The molecule has 0 unspecified atom stereocenters. The second-order valence-corrected chi connectivity index (χ2v) is 4.79. The Morgan fingerprint density at radius 1 is 1.25 bits per heavy atom. The lowest BCUT2D eigenvalue weighted by molar-refractivity contribution is 0.270. The lowest BCUT2D eigenvalue weighted by Gasteiger charge is -2.30. The lowest BCUT2D eigenvalue weighted by atomic mass is 10.2. The number of piperazine rings is 1. The van der Waals surface area contributed by atoms with Crippen molar-refractivity contribution in [2.24, 2.45) is 0 Å². The quantitative estimate of drug-likeness (QED) is 0.908. The number of aryl methyl sites for hydroxylation is 1. The van der Waals surface area contributed by atoms with Crippen molar-refractivity contribution >= 4 is 5.69 Å². The molecule has 2 heterocycles. The van der Waals surface area contributed by atoms with E-state index < -0.39 is 0 Å². The molecule has 0 atom stereocenters. The van der Waals surface area contributed by atoms with E-state index in [1.807, 2.05) is 25.1 Å². The van der Waals surface area contributed by atoms with Crippen molar-refractivity contribution in [3.8, 4) is 5.75 Å². The monoisotopic (exact) mass is 274 g/mol. The minimum Gasteiger partial charge on any atom is -0.485 e. The molecule has 0 bridgehead atoms. The zero-order valence-electron chi connectivity index (χ0n) is 11.5. The number of benzene rings is 1. The summed E-state index contributed by atoms with van der Waals surface area (Å²) in [4.78, 5) is 2.33. The number of rotatable bonds is 4. The molecular weight excluding hydrogens is 256 g/mol. The van der Waals surface area contributed by atoms with E-state index in [1.54, 1.807) is 0 Å². The number of nitrogens with one attached hydrogen (secondary N) is 1. The van der Waals surface area contributed by atoms with E-state index in [0.29, 0.717) is 6.61 Å². The van der Waals surface area contributed by atoms with Gasteiger partial charge in [-0.25, -0.2) is 4.63 Å². The highest BCUT2D eigenvalue weighted by molar-refractivity contribution is 5.58. The fourth-order valence-electron chi connectivity index (χ4n) is 2.27. The molecule has 0 radical (unpaired) electrons. The summed E-state index contributed by atoms with van der Waals surface area (Å²) in [6.45, 7) is 6.22. The molecule has 0 spiro atoms. The number of hydrogen-bond donors (Lipinski definition) is 1. The third-order valence-corrected chi connectivity index (χ3v) is 3.43. The summed E-state index contributed by atoms with van der Waals surface area (Å²) in [5, 5.41) is 10.9. The van der Waals surface area contributed by atoms with Gasteiger partial charge in [-0.15, -0.1) is 0 Å². The second kappa shape index (κ2) is 5.92. The van der Waals surface area contributed by atoms with Gasteiger partial charge >= 0.3 is 0 Å². The van der Waals surface area contributed by atoms with Gasteiger partial charge in [0, 0.05) is 26.2 Å². The van der Waals surface area contributed by atoms with Gasteiger partial charge in [0.05, 0.1) is 5.69 Å². The van der Waals surface area contributed by atoms with Gasteiger partial charge in [0.1, 0.15) is 23.7 Å². The van der Waals surface area contributed by atoms with E-state index in [2.05, 4.69) is 31.2 Å². The number of anilines is 1. The zero-order chi connectivity index (χ0) is 13.8. The molecule has 0 aliphatic carbocycles. The fourth-order valence-corrected chi connectivity index (χ4v) is 2.27. The van der Waals surface area contributed by atoms with Crippen molar-refractivity contribution in [2.45, 2.75) is 13.5 Å². The largest absolute Gasteiger partial charge is 0.485 e. The number of para-hydroxylation sites is 2. The van der Waals surface area contributed by atoms with E-state index in [4.69, 9.17) is 4.74 Å². The summed E-state index contributed by atoms with van der Waals surface area (Å²) in [5.41, 5.74) is 2.63. The molecule has 1 N–H and O–H groups in total. The van der Waals surface area contributed by atoms with E-state index in [1.165, 1.54) is 0 Å². The van der Waals surface area contributed by atoms with Crippen LogP contribution in [0.15, 0.2) is 28.9 Å². The molecule has 2 aromatic rings. The average molecular weight is 274 g/mol. The summed E-state index contributed by atoms with van der Waals surface area (Å²) in [6, 6.07) is 8.09. The van der Waals surface area contributed by atoms with Crippen LogP contribution in [0.1, 0.15) is 11.4 Å². The molecule has 1 fully saturated rings. The van der Waals surface area contributed by atoms with Gasteiger partial charge in [-0.05, 0) is 19.1 Å². The lowest BCUT2D eigenvalue weighted by Crippen LogP contribution is -2.43. The third-order valence-electron chi connectivity index (χ3n) is 3.43. The third kappa shape index (κ3) is 2.75. The van der Waals surface area contributed by atoms with Gasteiger partial charge in [-0.1, -0.05) is 22.4 Å². The topological polar surface area (TPSA) is 63.4 Å². The highest BCUT2D eigenvalue weighted by atomic mass is 16.6. The predicted molar refractivity (Wildman–Crippen MR) is 74.9 cm³/mol. The first-order valence-electron chi connectivity index (χ1n) is 6.80. The van der Waals surface area contributed by atoms with Crippen LogP contribution in [-0.2, 0) is 6.61 Å². The van der Waals surface area contributed by atoms with E-state index in [0.717, 1.165) is 49.0 Å². The van der Waals surface area contributed by atoms with Crippen LogP contribution in [0, 0.1) is 6.92 Å². The summed E-state index contributed by atoms with van der Waals surface area (Å²) in [6.07, 6.45) is 0. The zero-order valence-corrected chi connectivity index (χ0v) is 11.5. The fraction of sp³-hybridized carbons (Fsp3) is 0.429. The summed E-state index contributed by atoms with van der Waals surface area (Å²) in [5.74, 6) is 0.872. The first-order valence-corrected chi connectivity index (χ1v) is 6.80. The Balaban J connectivity index is 1.74. The van der Waals surface area contributed by atoms with Crippen molar-refractivity contribution in [1.82, 2.24) is 15.6 Å². The molecule has 1 saturated heterocycles. The number of ether oxygens (including phenoxy) is 1. The van der Waals surface area contributed by atoms with Gasteiger partial charge in [-0.3, -0.25) is 0 Å². The van der Waals surface area contributed by atoms with Crippen LogP contribution in [0.4, 0.5) is 5.69 Å². The van der Waals surface area contributed by atoms with E-state index in [-0.39, 0.29) is 0 Å². The molecule has 1 aliphatic rings. The molecular formula is C14H18N4O2. The van der Waals surface area contributed by atoms with Crippen molar-refractivity contribution < 1.29 is 9.37 Å². The maximum Gasteiger partial charge on any atom is 0.145 e. The van der Waals surface area contributed by atoms with Crippen molar-refractivity contribution in [3.05, 3.63) is 35.7 Å². The van der Waals surface area contributed by atoms with Crippen LogP contribution in [0.5, 0.6) is 5.75 Å². The van der Waals surface area contributed by atoms with Gasteiger partial charge in [-0.2, -0.15) is 0 Å². The standard InChI is InChI=1S/C14H18N4O2/c1-11-12(17-20-16-11)10-19-14-5-3-2-4-13(14)18-8-6-15-7-9-18/h2-5,15H,6-10H2,1H3. The molecule has 1 aromatic carbocycles. The number of aromatic nitrogens is 2. The normalized spacial score (nSPS) is 15.3. The number of nitrogens with zero attached hydrogens (tertiary/aromatic N) is 3. The van der Waals surface area contributed by atoms with Crippen molar-refractivity contribution in [2.75, 3.05) is 31.1 Å². The van der Waals surface area contributed by atoms with Crippen LogP contribution in [0.3, 0.4) is 0 Å². The maximum atomic E-state index is 5.89. The van der Waals surface area contributed by atoms with Crippen molar-refractivity contribution in [1.29, 1.82) is 0 Å². The van der Waals surface area contributed by atoms with Gasteiger partial charge < -0.3 is 15.0 Å². The van der Waals surface area contributed by atoms with Crippen LogP contribution >= 0.6 is 0 Å². The molecule has 6 nitrogen and oxygen atoms in total. The number of hydrogen-bond acceptors (Lipinski definition) is 6. The summed E-state index contributed by atoms with van der Waals surface area (Å²) in [7, 11) is 0. The molecule has 6 heteroatoms. The second-order valence-electron chi connectivity index (χ2n) is 4.79. The van der Waals surface area contributed by atoms with Crippen LogP contribution in [0.2, 0.25) is 0 Å². The Bertz CT molecular complexity index is 564. The van der Waals surface area contributed by atoms with Gasteiger partial charge in [0.2, 0.25) is 0 Å². The smallest absolute Gasteiger partial charge is 0.145 e. The summed E-state index contributed by atoms with van der Waals surface area (Å²) >= 11 is 0. The molecule has 106 valence electrons. The van der Waals surface area contributed by atoms with Gasteiger partial charge in [0.25, 0.3) is 0 Å². The van der Waals surface area contributed by atoms with Crippen LogP contribution in [-0.4, -0.2) is 36.5 Å². The molecule has 1 aliphatic heterocycles. The highest BCUT2D eigenvalue weighted by Gasteiger charge is 2.15. The molecule has 20 heavy (non-hydrogen) atoms. The van der Waals surface area contributed by atoms with Crippen LogP contribution in [0.25, 0.3) is 0 Å². The Labute approximate surface area is 117 Å². The molecule has 0 saturated carbocycles. The van der Waals surface area contributed by atoms with Crippen molar-refractivity contribution in [3.63, 3.8) is 0 Å². The summed E-state index contributed by atoms with van der Waals surface area (Å²) < 4.78 is 10.6. The van der Waals surface area contributed by atoms with Gasteiger partial charge in [0.15, 0.2) is 0 Å². The Morgan fingerprint density at radius 3 is 2.80 bits per heavy atom. The molecule has 0 amide bonds. The highest BCUT2D eigenvalue weighted by Crippen LogP contribution is 2.28. The van der Waals surface area contributed by atoms with E-state index in [9.17, 15) is 0 Å². The molecule has 3 rings (SSSR count). The Morgan fingerprint density at radius 2 is 2.05 bits per heavy atom. The SMILES string of the molecule is Cc1nonc1COc1ccccc1N1CCNCC1. The minimum absolute atomic E-state index is 0.373. The minimum atomic E-state index is 0.373. The maximum absolute atomic E-state index is 5.89. The Kier molecular flexibility index (Phi) is 3.83. The first-order chi connectivity index (χ1) is 9.84. The first kappa shape index (κ1) is 12.9. The molecule has 1 aromatic heterocycles. The average Bonchev–Trinajstić information content (AvgIpc) is 2.92. The Hall–Kier alpha value is -2.08. The van der Waals surface area contributed by atoms with E-state index >= 15 is 0 Å². The van der Waals surface area contributed by atoms with Crippen LogP contribution < -0.4 is 15.0 Å².